The molecular formula is C16H24ClN5O. The molecule has 1 aliphatic rings. The normalized spacial score (nSPS) is 17.4. The molecule has 2 unspecified atom stereocenters. The summed E-state index contributed by atoms with van der Waals surface area (Å²) in [5, 5.41) is 4.04. The second-order valence-electron chi connectivity index (χ2n) is 6.06. The summed E-state index contributed by atoms with van der Waals surface area (Å²) < 4.78 is 5.31. The molecule has 3 rings (SSSR count). The van der Waals surface area contributed by atoms with Gasteiger partial charge in [0.2, 0.25) is 11.7 Å². The lowest BCUT2D eigenvalue weighted by Gasteiger charge is -2.27. The van der Waals surface area contributed by atoms with Crippen molar-refractivity contribution in [2.24, 2.45) is 5.73 Å². The second-order valence-corrected chi connectivity index (χ2v) is 6.06. The Morgan fingerprint density at radius 3 is 2.52 bits per heavy atom. The van der Waals surface area contributed by atoms with Gasteiger partial charge < -0.3 is 15.2 Å². The second kappa shape index (κ2) is 7.75. The van der Waals surface area contributed by atoms with E-state index in [-0.39, 0.29) is 24.4 Å². The van der Waals surface area contributed by atoms with Crippen LogP contribution in [0.3, 0.4) is 0 Å². The van der Waals surface area contributed by atoms with E-state index in [1.165, 1.54) is 19.3 Å². The van der Waals surface area contributed by atoms with Crippen LogP contribution in [0.4, 0.5) is 5.82 Å². The molecule has 6 nitrogen and oxygen atoms in total. The Balaban J connectivity index is 0.00000192. The van der Waals surface area contributed by atoms with Gasteiger partial charge in [0.05, 0.1) is 5.92 Å². The summed E-state index contributed by atoms with van der Waals surface area (Å²) in [5.74, 6) is 2.21. The van der Waals surface area contributed by atoms with Gasteiger partial charge in [0.25, 0.3) is 0 Å². The van der Waals surface area contributed by atoms with Gasteiger partial charge in [-0.15, -0.1) is 12.4 Å². The van der Waals surface area contributed by atoms with Gasteiger partial charge in [-0.3, -0.25) is 0 Å². The maximum atomic E-state index is 5.87. The molecule has 0 aliphatic carbocycles. The summed E-state index contributed by atoms with van der Waals surface area (Å²) in [5.41, 5.74) is 6.74. The predicted octanol–water partition coefficient (Wildman–Crippen LogP) is 2.99. The highest BCUT2D eigenvalue weighted by Gasteiger charge is 2.19. The molecule has 1 saturated heterocycles. The fraction of sp³-hybridized carbons (Fsp3) is 0.562. The summed E-state index contributed by atoms with van der Waals surface area (Å²) in [6.07, 6.45) is 5.62. The van der Waals surface area contributed by atoms with Crippen LogP contribution in [0.25, 0.3) is 11.4 Å². The number of pyridine rings is 1. The first kappa shape index (κ1) is 17.7. The molecule has 2 N–H and O–H groups in total. The Kier molecular flexibility index (Phi) is 5.96. The van der Waals surface area contributed by atoms with E-state index >= 15 is 0 Å². The third kappa shape index (κ3) is 4.00. The fourth-order valence-corrected chi connectivity index (χ4v) is 2.59. The highest BCUT2D eigenvalue weighted by Crippen LogP contribution is 2.23. The Bertz CT molecular complexity index is 607. The SMILES string of the molecule is CC(N)C(C)c1nc(-c2ccc(N3CCCCC3)nc2)no1.Cl. The van der Waals surface area contributed by atoms with Crippen LogP contribution in [-0.2, 0) is 0 Å². The summed E-state index contributed by atoms with van der Waals surface area (Å²) in [4.78, 5) is 11.3. The standard InChI is InChI=1S/C16H23N5O.ClH/c1-11(12(2)17)16-19-15(20-22-16)13-6-7-14(18-10-13)21-8-4-3-5-9-21;/h6-7,10-12H,3-5,8-9,17H2,1-2H3;1H. The first-order chi connectivity index (χ1) is 10.6. The van der Waals surface area contributed by atoms with Crippen LogP contribution in [0.15, 0.2) is 22.9 Å². The van der Waals surface area contributed by atoms with Gasteiger partial charge in [0, 0.05) is 30.9 Å². The van der Waals surface area contributed by atoms with Crippen LogP contribution in [0.5, 0.6) is 0 Å². The quantitative estimate of drug-likeness (QED) is 0.923. The molecule has 126 valence electrons. The van der Waals surface area contributed by atoms with Gasteiger partial charge in [-0.25, -0.2) is 4.98 Å². The van der Waals surface area contributed by atoms with Crippen LogP contribution in [-0.4, -0.2) is 34.3 Å². The van der Waals surface area contributed by atoms with E-state index in [4.69, 9.17) is 10.3 Å². The number of halogens is 1. The number of aromatic nitrogens is 3. The number of nitrogens with zero attached hydrogens (tertiary/aromatic N) is 4. The predicted molar refractivity (Wildman–Crippen MR) is 92.9 cm³/mol. The number of rotatable bonds is 4. The van der Waals surface area contributed by atoms with E-state index < -0.39 is 0 Å². The van der Waals surface area contributed by atoms with Gasteiger partial charge in [-0.2, -0.15) is 4.98 Å². The number of anilines is 1. The highest BCUT2D eigenvalue weighted by molar-refractivity contribution is 5.85. The van der Waals surface area contributed by atoms with Gasteiger partial charge in [0.1, 0.15) is 5.82 Å². The Morgan fingerprint density at radius 2 is 1.91 bits per heavy atom. The van der Waals surface area contributed by atoms with Crippen LogP contribution in [0, 0.1) is 0 Å². The van der Waals surface area contributed by atoms with Gasteiger partial charge in [-0.1, -0.05) is 12.1 Å². The minimum absolute atomic E-state index is 0. The van der Waals surface area contributed by atoms with Crippen molar-refractivity contribution in [3.63, 3.8) is 0 Å². The van der Waals surface area contributed by atoms with Crippen molar-refractivity contribution in [2.45, 2.75) is 45.1 Å². The minimum atomic E-state index is -0.0205. The van der Waals surface area contributed by atoms with Gasteiger partial charge in [0.15, 0.2) is 0 Å². The lowest BCUT2D eigenvalue weighted by molar-refractivity contribution is 0.346. The average Bonchev–Trinajstić information content (AvgIpc) is 3.05. The molecule has 2 aromatic heterocycles. The zero-order valence-electron chi connectivity index (χ0n) is 13.6. The molecule has 0 radical (unpaired) electrons. The first-order valence-corrected chi connectivity index (χ1v) is 7.95. The number of hydrogen-bond donors (Lipinski definition) is 1. The minimum Gasteiger partial charge on any atom is -0.357 e. The molecule has 1 aliphatic heterocycles. The molecule has 7 heteroatoms. The lowest BCUT2D eigenvalue weighted by Crippen LogP contribution is -2.29. The molecule has 0 amide bonds. The molecule has 2 atom stereocenters. The fourth-order valence-electron chi connectivity index (χ4n) is 2.59. The number of nitrogens with two attached hydrogens (primary N) is 1. The highest BCUT2D eigenvalue weighted by atomic mass is 35.5. The Morgan fingerprint density at radius 1 is 1.17 bits per heavy atom. The maximum Gasteiger partial charge on any atom is 0.231 e. The summed E-state index contributed by atoms with van der Waals surface area (Å²) in [6.45, 7) is 6.10. The number of hydrogen-bond acceptors (Lipinski definition) is 6. The Hall–Kier alpha value is -1.66. The van der Waals surface area contributed by atoms with Crippen LogP contribution in [0.1, 0.15) is 44.9 Å². The summed E-state index contributed by atoms with van der Waals surface area (Å²) >= 11 is 0. The maximum absolute atomic E-state index is 5.87. The molecule has 0 spiro atoms. The van der Waals surface area contributed by atoms with E-state index in [0.29, 0.717) is 11.7 Å². The van der Waals surface area contributed by atoms with Crippen LogP contribution < -0.4 is 10.6 Å². The van der Waals surface area contributed by atoms with E-state index in [1.807, 2.05) is 32.2 Å². The smallest absolute Gasteiger partial charge is 0.231 e. The molecule has 2 aromatic rings. The van der Waals surface area contributed by atoms with Gasteiger partial charge >= 0.3 is 0 Å². The van der Waals surface area contributed by atoms with E-state index in [1.54, 1.807) is 0 Å². The van der Waals surface area contributed by atoms with E-state index in [2.05, 4.69) is 20.0 Å². The van der Waals surface area contributed by atoms with Crippen molar-refractivity contribution in [3.8, 4) is 11.4 Å². The molecule has 23 heavy (non-hydrogen) atoms. The van der Waals surface area contributed by atoms with E-state index in [0.717, 1.165) is 24.5 Å². The average molecular weight is 338 g/mol. The van der Waals surface area contributed by atoms with Crippen molar-refractivity contribution in [1.29, 1.82) is 0 Å². The first-order valence-electron chi connectivity index (χ1n) is 7.95. The number of piperidine rings is 1. The van der Waals surface area contributed by atoms with Crippen molar-refractivity contribution >= 4 is 18.2 Å². The topological polar surface area (TPSA) is 81.1 Å². The molecule has 1 fully saturated rings. The van der Waals surface area contributed by atoms with E-state index in [9.17, 15) is 0 Å². The molecule has 0 saturated carbocycles. The summed E-state index contributed by atoms with van der Waals surface area (Å²) in [6, 6.07) is 4.02. The zero-order valence-corrected chi connectivity index (χ0v) is 14.4. The van der Waals surface area contributed by atoms with Crippen molar-refractivity contribution in [2.75, 3.05) is 18.0 Å². The van der Waals surface area contributed by atoms with Crippen molar-refractivity contribution in [1.82, 2.24) is 15.1 Å². The Labute approximate surface area is 142 Å². The molecular weight excluding hydrogens is 314 g/mol. The van der Waals surface area contributed by atoms with Crippen LogP contribution >= 0.6 is 12.4 Å². The largest absolute Gasteiger partial charge is 0.357 e. The lowest BCUT2D eigenvalue weighted by atomic mass is 10.1. The third-order valence-electron chi connectivity index (χ3n) is 4.31. The zero-order chi connectivity index (χ0) is 15.5. The van der Waals surface area contributed by atoms with Crippen LogP contribution in [0.2, 0.25) is 0 Å². The third-order valence-corrected chi connectivity index (χ3v) is 4.31. The molecule has 0 aromatic carbocycles. The van der Waals surface area contributed by atoms with Crippen molar-refractivity contribution in [3.05, 3.63) is 24.2 Å². The van der Waals surface area contributed by atoms with Gasteiger partial charge in [-0.05, 0) is 38.3 Å². The summed E-state index contributed by atoms with van der Waals surface area (Å²) in [7, 11) is 0. The molecule has 0 bridgehead atoms. The molecule has 3 heterocycles. The monoisotopic (exact) mass is 337 g/mol. The van der Waals surface area contributed by atoms with Crippen molar-refractivity contribution < 1.29 is 4.52 Å².